The number of thiazole rings is 1. The van der Waals surface area contributed by atoms with E-state index in [0.717, 1.165) is 36.3 Å². The van der Waals surface area contributed by atoms with Crippen molar-refractivity contribution in [3.8, 4) is 5.75 Å². The molecular formula is C25H35Cl2N3O3S. The number of rotatable bonds is 9. The molecule has 0 radical (unpaired) electrons. The van der Waals surface area contributed by atoms with E-state index in [-0.39, 0.29) is 35.4 Å². The van der Waals surface area contributed by atoms with Crippen molar-refractivity contribution < 1.29 is 10.2 Å². The second kappa shape index (κ2) is 14.1. The molecule has 188 valence electrons. The Morgan fingerprint density at radius 3 is 2.47 bits per heavy atom. The number of aliphatic hydroxyl groups is 1. The minimum Gasteiger partial charge on any atom is -0.506 e. The Hall–Kier alpha value is -1.61. The van der Waals surface area contributed by atoms with E-state index in [1.165, 1.54) is 49.9 Å². The van der Waals surface area contributed by atoms with E-state index in [0.29, 0.717) is 23.2 Å². The number of H-pyrrole nitrogens is 1. The third-order valence-electron chi connectivity index (χ3n) is 6.25. The molecule has 1 aliphatic rings. The number of benzene rings is 2. The fourth-order valence-electron chi connectivity index (χ4n) is 4.49. The number of hydrogen-bond acceptors (Lipinski definition) is 6. The molecule has 0 saturated carbocycles. The molecule has 4 rings (SSSR count). The van der Waals surface area contributed by atoms with Gasteiger partial charge in [0, 0.05) is 19.5 Å². The van der Waals surface area contributed by atoms with Gasteiger partial charge >= 0.3 is 4.87 Å². The van der Waals surface area contributed by atoms with Gasteiger partial charge in [-0.2, -0.15) is 0 Å². The van der Waals surface area contributed by atoms with Crippen LogP contribution in [0.3, 0.4) is 0 Å². The number of fused-ring (bicyclic) bond motifs is 1. The number of halogens is 2. The summed E-state index contributed by atoms with van der Waals surface area (Å²) in [5, 5.41) is 23.5. The number of phenols is 1. The zero-order valence-electron chi connectivity index (χ0n) is 19.3. The smallest absolute Gasteiger partial charge is 0.305 e. The number of aromatic amines is 1. The molecule has 1 fully saturated rings. The van der Waals surface area contributed by atoms with E-state index in [1.54, 1.807) is 12.1 Å². The summed E-state index contributed by atoms with van der Waals surface area (Å²) in [6.45, 7) is 4.26. The third-order valence-corrected chi connectivity index (χ3v) is 7.21. The lowest BCUT2D eigenvalue weighted by atomic mass is 10.1. The maximum Gasteiger partial charge on any atom is 0.305 e. The maximum atomic E-state index is 11.7. The quantitative estimate of drug-likeness (QED) is 0.312. The summed E-state index contributed by atoms with van der Waals surface area (Å²) in [5.74, 6) is 0.0558. The molecular weight excluding hydrogens is 493 g/mol. The number of nitrogens with one attached hydrogen (secondary N) is 2. The number of phenolic OH excluding ortho intramolecular Hbond substituents is 1. The van der Waals surface area contributed by atoms with Crippen molar-refractivity contribution >= 4 is 46.4 Å². The van der Waals surface area contributed by atoms with Crippen molar-refractivity contribution in [3.05, 3.63) is 62.8 Å². The van der Waals surface area contributed by atoms with Crippen LogP contribution in [0.5, 0.6) is 5.75 Å². The lowest BCUT2D eigenvalue weighted by molar-refractivity contribution is 0.138. The highest BCUT2D eigenvalue weighted by molar-refractivity contribution is 7.16. The van der Waals surface area contributed by atoms with Crippen LogP contribution in [0.4, 0.5) is 0 Å². The predicted octanol–water partition coefficient (Wildman–Crippen LogP) is 4.25. The van der Waals surface area contributed by atoms with Crippen molar-refractivity contribution in [1.29, 1.82) is 0 Å². The standard InChI is InChI=1S/C25H33N3O3S.2ClH/c29-21-9-8-20(24-23(21)27-25(31)32-24)17-22(30)26-12-10-18-6-5-7-19(16-18)11-15-28-13-3-1-2-4-14-28;;/h5-9,16,22,26,29-30H,1-4,10-15,17H2,(H,27,31);2*1H. The summed E-state index contributed by atoms with van der Waals surface area (Å²) >= 11 is 1.06. The van der Waals surface area contributed by atoms with Crippen molar-refractivity contribution in [2.45, 2.75) is 51.2 Å². The molecule has 0 aliphatic carbocycles. The number of aromatic hydroxyl groups is 1. The topological polar surface area (TPSA) is 88.6 Å². The van der Waals surface area contributed by atoms with Crippen LogP contribution in [0, 0.1) is 0 Å². The zero-order valence-corrected chi connectivity index (χ0v) is 21.7. The molecule has 1 aromatic heterocycles. The molecule has 0 bridgehead atoms. The van der Waals surface area contributed by atoms with E-state index in [2.05, 4.69) is 39.5 Å². The first-order valence-corrected chi connectivity index (χ1v) is 12.5. The van der Waals surface area contributed by atoms with Gasteiger partial charge in [-0.05, 0) is 61.5 Å². The van der Waals surface area contributed by atoms with Crippen LogP contribution in [0.1, 0.15) is 42.4 Å². The van der Waals surface area contributed by atoms with Gasteiger partial charge in [-0.15, -0.1) is 24.8 Å². The van der Waals surface area contributed by atoms with Crippen LogP contribution in [-0.2, 0) is 19.3 Å². The summed E-state index contributed by atoms with van der Waals surface area (Å²) in [4.78, 5) is 16.7. The van der Waals surface area contributed by atoms with Gasteiger partial charge in [-0.3, -0.25) is 10.1 Å². The van der Waals surface area contributed by atoms with Crippen LogP contribution in [0.25, 0.3) is 10.2 Å². The Kier molecular flexibility index (Phi) is 11.8. The van der Waals surface area contributed by atoms with Crippen molar-refractivity contribution in [1.82, 2.24) is 15.2 Å². The fourth-order valence-corrected chi connectivity index (χ4v) is 5.36. The number of nitrogens with zero attached hydrogens (tertiary/aromatic N) is 1. The maximum absolute atomic E-state index is 11.7. The van der Waals surface area contributed by atoms with E-state index < -0.39 is 6.23 Å². The molecule has 4 N–H and O–H groups in total. The van der Waals surface area contributed by atoms with Gasteiger partial charge in [0.2, 0.25) is 0 Å². The van der Waals surface area contributed by atoms with Gasteiger partial charge in [-0.25, -0.2) is 0 Å². The molecule has 1 aliphatic heterocycles. The zero-order chi connectivity index (χ0) is 22.3. The Morgan fingerprint density at radius 1 is 1.03 bits per heavy atom. The summed E-state index contributed by atoms with van der Waals surface area (Å²) < 4.78 is 0.702. The normalized spacial score (nSPS) is 15.3. The second-order valence-corrected chi connectivity index (χ2v) is 9.70. The largest absolute Gasteiger partial charge is 0.506 e. The SMILES string of the molecule is Cl.Cl.O=c1[nH]c2c(O)ccc(CC(O)NCCc3cccc(CCN4CCCCCC4)c3)c2s1. The molecule has 1 atom stereocenters. The number of aromatic nitrogens is 1. The van der Waals surface area contributed by atoms with Gasteiger partial charge < -0.3 is 20.1 Å². The van der Waals surface area contributed by atoms with Crippen LogP contribution >= 0.6 is 36.2 Å². The molecule has 2 heterocycles. The molecule has 9 heteroatoms. The van der Waals surface area contributed by atoms with E-state index >= 15 is 0 Å². The molecule has 1 saturated heterocycles. The van der Waals surface area contributed by atoms with Crippen molar-refractivity contribution in [2.75, 3.05) is 26.2 Å². The molecule has 2 aromatic carbocycles. The molecule has 6 nitrogen and oxygen atoms in total. The predicted molar refractivity (Wildman–Crippen MR) is 145 cm³/mol. The fraction of sp³-hybridized carbons (Fsp3) is 0.480. The lowest BCUT2D eigenvalue weighted by Gasteiger charge is -2.19. The first kappa shape index (κ1) is 28.6. The average molecular weight is 529 g/mol. The van der Waals surface area contributed by atoms with Crippen LogP contribution in [-0.4, -0.2) is 52.5 Å². The number of likely N-dealkylation sites (tertiary alicyclic amines) is 1. The van der Waals surface area contributed by atoms with Crippen molar-refractivity contribution in [2.24, 2.45) is 0 Å². The highest BCUT2D eigenvalue weighted by Gasteiger charge is 2.13. The van der Waals surface area contributed by atoms with E-state index in [1.807, 2.05) is 0 Å². The van der Waals surface area contributed by atoms with Crippen LogP contribution in [0.2, 0.25) is 0 Å². The Balaban J connectivity index is 0.00000204. The minimum atomic E-state index is -0.717. The monoisotopic (exact) mass is 527 g/mol. The van der Waals surface area contributed by atoms with Crippen LogP contribution < -0.4 is 10.2 Å². The van der Waals surface area contributed by atoms with Gasteiger partial charge in [0.25, 0.3) is 0 Å². The highest BCUT2D eigenvalue weighted by atomic mass is 35.5. The summed E-state index contributed by atoms with van der Waals surface area (Å²) in [6.07, 6.45) is 6.98. The van der Waals surface area contributed by atoms with E-state index in [9.17, 15) is 15.0 Å². The van der Waals surface area contributed by atoms with Gasteiger partial charge in [0.1, 0.15) is 17.5 Å². The number of hydrogen-bond donors (Lipinski definition) is 4. The lowest BCUT2D eigenvalue weighted by Crippen LogP contribution is -2.32. The average Bonchev–Trinajstić information content (AvgIpc) is 3.01. The Labute approximate surface area is 217 Å². The van der Waals surface area contributed by atoms with Crippen LogP contribution in [0.15, 0.2) is 41.2 Å². The molecule has 0 amide bonds. The Bertz CT molecular complexity index is 1080. The minimum absolute atomic E-state index is 0. The van der Waals surface area contributed by atoms with Crippen molar-refractivity contribution in [3.63, 3.8) is 0 Å². The van der Waals surface area contributed by atoms with Gasteiger partial charge in [0.15, 0.2) is 0 Å². The molecule has 34 heavy (non-hydrogen) atoms. The van der Waals surface area contributed by atoms with E-state index in [4.69, 9.17) is 0 Å². The molecule has 0 spiro atoms. The van der Waals surface area contributed by atoms with Gasteiger partial charge in [-0.1, -0.05) is 54.5 Å². The molecule has 1 unspecified atom stereocenters. The first-order valence-electron chi connectivity index (χ1n) is 11.6. The second-order valence-electron chi connectivity index (χ2n) is 8.71. The Morgan fingerprint density at radius 2 is 1.74 bits per heavy atom. The summed E-state index contributed by atoms with van der Waals surface area (Å²) in [7, 11) is 0. The molecule has 3 aromatic rings. The number of aliphatic hydroxyl groups excluding tert-OH is 1. The summed E-state index contributed by atoms with van der Waals surface area (Å²) in [5.41, 5.74) is 3.94. The summed E-state index contributed by atoms with van der Waals surface area (Å²) in [6, 6.07) is 12.1. The van der Waals surface area contributed by atoms with Gasteiger partial charge in [0.05, 0.1) is 4.70 Å². The highest BCUT2D eigenvalue weighted by Crippen LogP contribution is 2.28. The third kappa shape index (κ3) is 7.97. The first-order chi connectivity index (χ1) is 15.6.